The van der Waals surface area contributed by atoms with Crippen LogP contribution < -0.4 is 5.32 Å². The van der Waals surface area contributed by atoms with Crippen LogP contribution in [0.15, 0.2) is 0 Å². The number of nitrogens with one attached hydrogen (secondary N) is 1. The summed E-state index contributed by atoms with van der Waals surface area (Å²) in [7, 11) is 2.07. The molecule has 7 heavy (non-hydrogen) atoms. The molecule has 0 saturated heterocycles. The minimum absolute atomic E-state index is 0.856. The quantitative estimate of drug-likeness (QED) is 0.509. The molecule has 1 atom stereocenters. The fourth-order valence-corrected chi connectivity index (χ4v) is 1.47. The fourth-order valence-electron chi connectivity index (χ4n) is 1.47. The van der Waals surface area contributed by atoms with Crippen molar-refractivity contribution in [2.24, 2.45) is 5.41 Å². The SMILES string of the molecule is CN[C@@H]1CC12CC2. The zero-order valence-corrected chi connectivity index (χ0v) is 4.70. The summed E-state index contributed by atoms with van der Waals surface area (Å²) >= 11 is 0. The van der Waals surface area contributed by atoms with Crippen LogP contribution in [-0.4, -0.2) is 13.1 Å². The van der Waals surface area contributed by atoms with Gasteiger partial charge >= 0.3 is 0 Å². The lowest BCUT2D eigenvalue weighted by atomic mass is 10.4. The first kappa shape index (κ1) is 3.90. The molecule has 1 spiro atoms. The van der Waals surface area contributed by atoms with Gasteiger partial charge in [-0.05, 0) is 31.7 Å². The predicted molar refractivity (Wildman–Crippen MR) is 29.1 cm³/mol. The third-order valence-corrected chi connectivity index (χ3v) is 2.43. The molecular weight excluding hydrogens is 86.1 g/mol. The van der Waals surface area contributed by atoms with Crippen molar-refractivity contribution in [1.29, 1.82) is 0 Å². The van der Waals surface area contributed by atoms with E-state index in [0.717, 1.165) is 11.5 Å². The van der Waals surface area contributed by atoms with Crippen LogP contribution in [0.4, 0.5) is 0 Å². The van der Waals surface area contributed by atoms with Crippen LogP contribution in [-0.2, 0) is 0 Å². The summed E-state index contributed by atoms with van der Waals surface area (Å²) in [5.74, 6) is 0. The largest absolute Gasteiger partial charge is 0.316 e. The molecule has 1 N–H and O–H groups in total. The summed E-state index contributed by atoms with van der Waals surface area (Å²) < 4.78 is 0. The summed E-state index contributed by atoms with van der Waals surface area (Å²) in [4.78, 5) is 0. The van der Waals surface area contributed by atoms with Gasteiger partial charge in [0.25, 0.3) is 0 Å². The molecule has 0 radical (unpaired) electrons. The average Bonchev–Trinajstić information content (AvgIpc) is 2.52. The molecule has 0 amide bonds. The normalized spacial score (nSPS) is 41.6. The molecule has 1 heteroatoms. The molecule has 0 aromatic heterocycles. The van der Waals surface area contributed by atoms with Gasteiger partial charge in [-0.2, -0.15) is 0 Å². The van der Waals surface area contributed by atoms with E-state index in [9.17, 15) is 0 Å². The molecule has 2 aliphatic carbocycles. The Labute approximate surface area is 44.1 Å². The van der Waals surface area contributed by atoms with Crippen molar-refractivity contribution in [3.63, 3.8) is 0 Å². The molecule has 0 aliphatic heterocycles. The summed E-state index contributed by atoms with van der Waals surface area (Å²) in [5.41, 5.74) is 0.856. The third-order valence-electron chi connectivity index (χ3n) is 2.43. The topological polar surface area (TPSA) is 12.0 Å². The molecule has 40 valence electrons. The predicted octanol–water partition coefficient (Wildman–Crippen LogP) is 0.758. The van der Waals surface area contributed by atoms with Crippen LogP contribution in [0.3, 0.4) is 0 Å². The van der Waals surface area contributed by atoms with Crippen molar-refractivity contribution in [2.45, 2.75) is 25.3 Å². The van der Waals surface area contributed by atoms with Crippen molar-refractivity contribution in [2.75, 3.05) is 7.05 Å². The van der Waals surface area contributed by atoms with Crippen LogP contribution in [0.2, 0.25) is 0 Å². The van der Waals surface area contributed by atoms with Gasteiger partial charge in [0, 0.05) is 6.04 Å². The van der Waals surface area contributed by atoms with Crippen LogP contribution in [0.1, 0.15) is 19.3 Å². The highest BCUT2D eigenvalue weighted by molar-refractivity contribution is 5.16. The summed E-state index contributed by atoms with van der Waals surface area (Å²) in [6, 6.07) is 0.910. The molecule has 2 fully saturated rings. The van der Waals surface area contributed by atoms with E-state index >= 15 is 0 Å². The van der Waals surface area contributed by atoms with E-state index in [1.165, 1.54) is 19.3 Å². The minimum Gasteiger partial charge on any atom is -0.316 e. The maximum absolute atomic E-state index is 3.29. The van der Waals surface area contributed by atoms with E-state index in [1.807, 2.05) is 0 Å². The Balaban J connectivity index is 1.97. The molecule has 0 heterocycles. The van der Waals surface area contributed by atoms with Gasteiger partial charge in [0.15, 0.2) is 0 Å². The van der Waals surface area contributed by atoms with Gasteiger partial charge < -0.3 is 5.32 Å². The Kier molecular flexibility index (Phi) is 0.487. The van der Waals surface area contributed by atoms with E-state index in [1.54, 1.807) is 0 Å². The van der Waals surface area contributed by atoms with Gasteiger partial charge in [-0.15, -0.1) is 0 Å². The molecule has 2 aliphatic rings. The second-order valence-corrected chi connectivity index (χ2v) is 2.91. The van der Waals surface area contributed by atoms with E-state index in [2.05, 4.69) is 12.4 Å². The second-order valence-electron chi connectivity index (χ2n) is 2.91. The summed E-state index contributed by atoms with van der Waals surface area (Å²) in [6.45, 7) is 0. The average molecular weight is 97.2 g/mol. The van der Waals surface area contributed by atoms with Gasteiger partial charge in [0.05, 0.1) is 0 Å². The summed E-state index contributed by atoms with van der Waals surface area (Å²) in [5, 5.41) is 3.29. The monoisotopic (exact) mass is 97.1 g/mol. The lowest BCUT2D eigenvalue weighted by molar-refractivity contribution is 0.711. The van der Waals surface area contributed by atoms with Gasteiger partial charge in [-0.3, -0.25) is 0 Å². The van der Waals surface area contributed by atoms with Crippen molar-refractivity contribution < 1.29 is 0 Å². The Morgan fingerprint density at radius 1 is 1.57 bits per heavy atom. The van der Waals surface area contributed by atoms with Gasteiger partial charge in [0.1, 0.15) is 0 Å². The van der Waals surface area contributed by atoms with Crippen LogP contribution in [0.25, 0.3) is 0 Å². The first-order valence-electron chi connectivity index (χ1n) is 3.05. The fraction of sp³-hybridized carbons (Fsp3) is 1.00. The zero-order chi connectivity index (χ0) is 4.91. The molecule has 1 nitrogen and oxygen atoms in total. The second kappa shape index (κ2) is 0.873. The maximum atomic E-state index is 3.29. The smallest absolute Gasteiger partial charge is 0.0127 e. The first-order valence-corrected chi connectivity index (χ1v) is 3.05. The van der Waals surface area contributed by atoms with Crippen molar-refractivity contribution in [3.05, 3.63) is 0 Å². The molecule has 0 aromatic carbocycles. The van der Waals surface area contributed by atoms with E-state index in [4.69, 9.17) is 0 Å². The van der Waals surface area contributed by atoms with Crippen molar-refractivity contribution >= 4 is 0 Å². The van der Waals surface area contributed by atoms with E-state index < -0.39 is 0 Å². The van der Waals surface area contributed by atoms with Crippen molar-refractivity contribution in [1.82, 2.24) is 5.32 Å². The van der Waals surface area contributed by atoms with Crippen LogP contribution in [0, 0.1) is 5.41 Å². The Morgan fingerprint density at radius 3 is 2.43 bits per heavy atom. The Bertz CT molecular complexity index is 94.4. The van der Waals surface area contributed by atoms with Gasteiger partial charge in [-0.25, -0.2) is 0 Å². The Morgan fingerprint density at radius 2 is 2.29 bits per heavy atom. The number of hydrogen-bond donors (Lipinski definition) is 1. The molecule has 0 aromatic rings. The highest BCUT2D eigenvalue weighted by atomic mass is 15.0. The minimum atomic E-state index is 0.856. The third kappa shape index (κ3) is 0.367. The molecule has 0 bridgehead atoms. The lowest BCUT2D eigenvalue weighted by Crippen LogP contribution is -2.10. The maximum Gasteiger partial charge on any atom is 0.0127 e. The molecule has 2 saturated carbocycles. The van der Waals surface area contributed by atoms with E-state index in [-0.39, 0.29) is 0 Å². The zero-order valence-electron chi connectivity index (χ0n) is 4.70. The Hall–Kier alpha value is -0.0400. The molecule has 2 rings (SSSR count). The lowest BCUT2D eigenvalue weighted by Gasteiger charge is -1.87. The van der Waals surface area contributed by atoms with Crippen LogP contribution >= 0.6 is 0 Å². The van der Waals surface area contributed by atoms with Gasteiger partial charge in [0.2, 0.25) is 0 Å². The number of hydrogen-bond acceptors (Lipinski definition) is 1. The molecule has 0 unspecified atom stereocenters. The van der Waals surface area contributed by atoms with Crippen molar-refractivity contribution in [3.8, 4) is 0 Å². The standard InChI is InChI=1S/C6H11N/c1-7-5-4-6(5)2-3-6/h5,7H,2-4H2,1H3/t5-/m1/s1. The number of rotatable bonds is 1. The highest BCUT2D eigenvalue weighted by Crippen LogP contribution is 2.65. The van der Waals surface area contributed by atoms with Gasteiger partial charge in [-0.1, -0.05) is 0 Å². The van der Waals surface area contributed by atoms with E-state index in [0.29, 0.717) is 0 Å². The molecular formula is C6H11N. The first-order chi connectivity index (χ1) is 3.37. The summed E-state index contributed by atoms with van der Waals surface area (Å²) in [6.07, 6.45) is 4.46. The highest BCUT2D eigenvalue weighted by Gasteiger charge is 2.61. The van der Waals surface area contributed by atoms with Crippen LogP contribution in [0.5, 0.6) is 0 Å².